The lowest BCUT2D eigenvalue weighted by Crippen LogP contribution is -2.52. The number of imidazole rings is 1. The molecule has 1 unspecified atom stereocenters. The molecular weight excluding hydrogens is 450 g/mol. The van der Waals surface area contributed by atoms with Crippen LogP contribution in [-0.4, -0.2) is 40.0 Å². The van der Waals surface area contributed by atoms with Crippen LogP contribution < -0.4 is 9.64 Å². The van der Waals surface area contributed by atoms with E-state index in [1.165, 1.54) is 0 Å². The van der Waals surface area contributed by atoms with Crippen LogP contribution >= 0.6 is 0 Å². The third-order valence-corrected chi connectivity index (χ3v) is 7.93. The van der Waals surface area contributed by atoms with Crippen molar-refractivity contribution in [3.63, 3.8) is 0 Å². The predicted octanol–water partition coefficient (Wildman–Crippen LogP) is 5.10. The number of benzene rings is 3. The normalized spacial score (nSPS) is 22.5. The smallest absolute Gasteiger partial charge is 0.241 e. The van der Waals surface area contributed by atoms with Crippen LogP contribution in [0.3, 0.4) is 0 Å². The summed E-state index contributed by atoms with van der Waals surface area (Å²) in [4.78, 5) is 22.4. The molecule has 1 aromatic heterocycles. The number of nitrogens with zero attached hydrogens (tertiary/aromatic N) is 5. The SMILES string of the molecule is Cc1ncc2n1[C@H]1CC[C@@H]2N2CCN(C(=O)C2)c2cccc3ccc(cc23)Oc2cc1ccc2C#N. The number of amides is 1. The van der Waals surface area contributed by atoms with Crippen molar-refractivity contribution >= 4 is 22.4 Å². The van der Waals surface area contributed by atoms with Crippen molar-refractivity contribution in [2.24, 2.45) is 0 Å². The van der Waals surface area contributed by atoms with Gasteiger partial charge in [0.2, 0.25) is 5.91 Å². The minimum atomic E-state index is 0.0990. The van der Waals surface area contributed by atoms with Gasteiger partial charge in [-0.25, -0.2) is 4.98 Å². The van der Waals surface area contributed by atoms with Gasteiger partial charge in [0.1, 0.15) is 23.4 Å². The molecule has 0 N–H and O–H groups in total. The van der Waals surface area contributed by atoms with Gasteiger partial charge in [-0.3, -0.25) is 9.69 Å². The van der Waals surface area contributed by atoms with Crippen molar-refractivity contribution in [1.29, 1.82) is 5.26 Å². The predicted molar refractivity (Wildman–Crippen MR) is 136 cm³/mol. The molecule has 1 saturated heterocycles. The van der Waals surface area contributed by atoms with Crippen molar-refractivity contribution in [3.05, 3.63) is 83.4 Å². The van der Waals surface area contributed by atoms with Gasteiger partial charge in [-0.05, 0) is 61.0 Å². The summed E-state index contributed by atoms with van der Waals surface area (Å²) in [5.41, 5.74) is 3.64. The van der Waals surface area contributed by atoms with Crippen molar-refractivity contribution in [2.75, 3.05) is 24.5 Å². The minimum absolute atomic E-state index is 0.0990. The average Bonchev–Trinajstić information content (AvgIpc) is 3.29. The molecule has 6 aliphatic rings. The Balaban J connectivity index is 1.46. The number of carbonyl (C=O) groups is 1. The molecule has 3 atom stereocenters. The molecule has 0 radical (unpaired) electrons. The molecule has 36 heavy (non-hydrogen) atoms. The lowest BCUT2D eigenvalue weighted by molar-refractivity contribution is -0.122. The van der Waals surface area contributed by atoms with Gasteiger partial charge in [0.25, 0.3) is 0 Å². The van der Waals surface area contributed by atoms with Crippen LogP contribution in [-0.2, 0) is 4.79 Å². The van der Waals surface area contributed by atoms with Gasteiger partial charge in [0, 0.05) is 18.5 Å². The number of nitriles is 1. The second kappa shape index (κ2) is 7.94. The molecule has 3 aromatic carbocycles. The molecule has 7 nitrogen and oxygen atoms in total. The highest BCUT2D eigenvalue weighted by atomic mass is 16.5. The molecule has 1 amide bonds. The monoisotopic (exact) mass is 475 g/mol. The highest BCUT2D eigenvalue weighted by Crippen LogP contribution is 2.42. The summed E-state index contributed by atoms with van der Waals surface area (Å²) in [6, 6.07) is 20.4. The Morgan fingerprint density at radius 2 is 1.94 bits per heavy atom. The lowest BCUT2D eigenvalue weighted by Gasteiger charge is -2.42. The third kappa shape index (κ3) is 3.15. The number of rotatable bonds is 0. The number of hydrogen-bond donors (Lipinski definition) is 0. The molecular formula is C29H25N5O2. The molecule has 0 spiro atoms. The Labute approximate surface area is 209 Å². The summed E-state index contributed by atoms with van der Waals surface area (Å²) >= 11 is 0. The summed E-state index contributed by atoms with van der Waals surface area (Å²) in [7, 11) is 0. The second-order valence-electron chi connectivity index (χ2n) is 9.85. The van der Waals surface area contributed by atoms with E-state index in [9.17, 15) is 10.1 Å². The topological polar surface area (TPSA) is 74.4 Å². The van der Waals surface area contributed by atoms with Gasteiger partial charge < -0.3 is 14.2 Å². The molecule has 7 heteroatoms. The van der Waals surface area contributed by atoms with Crippen LogP contribution in [0.5, 0.6) is 11.5 Å². The fourth-order valence-electron chi connectivity index (χ4n) is 6.20. The van der Waals surface area contributed by atoms with E-state index >= 15 is 0 Å². The Hall–Kier alpha value is -4.15. The summed E-state index contributed by atoms with van der Waals surface area (Å²) in [5, 5.41) is 11.8. The fourth-order valence-corrected chi connectivity index (χ4v) is 6.20. The molecule has 8 bridgehead atoms. The molecule has 178 valence electrons. The molecule has 1 fully saturated rings. The van der Waals surface area contributed by atoms with Gasteiger partial charge in [-0.2, -0.15) is 5.26 Å². The van der Waals surface area contributed by atoms with Gasteiger partial charge in [-0.1, -0.05) is 24.3 Å². The van der Waals surface area contributed by atoms with Crippen molar-refractivity contribution in [3.8, 4) is 17.6 Å². The van der Waals surface area contributed by atoms with Crippen LogP contribution in [0.4, 0.5) is 5.69 Å². The number of aryl methyl sites for hydroxylation is 1. The molecule has 7 heterocycles. The van der Waals surface area contributed by atoms with Gasteiger partial charge in [0.05, 0.1) is 41.8 Å². The summed E-state index contributed by atoms with van der Waals surface area (Å²) in [6.45, 7) is 3.85. The van der Waals surface area contributed by atoms with Gasteiger partial charge in [-0.15, -0.1) is 0 Å². The minimum Gasteiger partial charge on any atom is -0.456 e. The maximum atomic E-state index is 13.5. The van der Waals surface area contributed by atoms with E-state index in [1.54, 1.807) is 0 Å². The van der Waals surface area contributed by atoms with Crippen molar-refractivity contribution in [2.45, 2.75) is 31.8 Å². The average molecular weight is 476 g/mol. The maximum absolute atomic E-state index is 13.5. The summed E-state index contributed by atoms with van der Waals surface area (Å²) < 4.78 is 8.66. The highest BCUT2D eigenvalue weighted by molar-refractivity contribution is 6.05. The number of anilines is 1. The van der Waals surface area contributed by atoms with E-state index < -0.39 is 0 Å². The molecule has 4 aromatic rings. The van der Waals surface area contributed by atoms with Crippen molar-refractivity contribution < 1.29 is 9.53 Å². The van der Waals surface area contributed by atoms with E-state index in [2.05, 4.69) is 20.5 Å². The molecule has 0 saturated carbocycles. The van der Waals surface area contributed by atoms with E-state index in [-0.39, 0.29) is 18.0 Å². The van der Waals surface area contributed by atoms with E-state index in [1.807, 2.05) is 72.6 Å². The summed E-state index contributed by atoms with van der Waals surface area (Å²) in [6.07, 6.45) is 3.83. The van der Waals surface area contributed by atoms with Crippen LogP contribution in [0.1, 0.15) is 47.6 Å². The largest absolute Gasteiger partial charge is 0.456 e. The van der Waals surface area contributed by atoms with Gasteiger partial charge >= 0.3 is 0 Å². The zero-order chi connectivity index (χ0) is 24.4. The van der Waals surface area contributed by atoms with Crippen molar-refractivity contribution in [1.82, 2.24) is 14.5 Å². The van der Waals surface area contributed by atoms with E-state index in [4.69, 9.17) is 4.74 Å². The van der Waals surface area contributed by atoms with Crippen LogP contribution in [0.2, 0.25) is 0 Å². The molecule has 6 aliphatic heterocycles. The number of hydrogen-bond acceptors (Lipinski definition) is 5. The number of carbonyl (C=O) groups excluding carboxylic acids is 1. The Bertz CT molecular complexity index is 1580. The number of piperazine rings is 1. The standard InChI is InChI=1S/C29H25N5O2/c1-18-31-16-27-26-10-9-24(34(18)27)20-5-6-21(15-30)28(13-20)36-22-8-7-19-3-2-4-25(23(19)14-22)33-12-11-32(26)17-29(33)35/h2-8,13-14,16,24,26H,9-12,17H2,1H3/t24-,26-/m0/s1. The first-order chi connectivity index (χ1) is 17.6. The lowest BCUT2D eigenvalue weighted by atomic mass is 9.91. The van der Waals surface area contributed by atoms with Crippen LogP contribution in [0, 0.1) is 18.3 Å². The number of aromatic nitrogens is 2. The van der Waals surface area contributed by atoms with E-state index in [0.717, 1.165) is 52.9 Å². The Morgan fingerprint density at radius 1 is 1.06 bits per heavy atom. The van der Waals surface area contributed by atoms with Gasteiger partial charge in [0.15, 0.2) is 0 Å². The van der Waals surface area contributed by atoms with E-state index in [0.29, 0.717) is 30.2 Å². The summed E-state index contributed by atoms with van der Waals surface area (Å²) in [5.74, 6) is 2.25. The zero-order valence-electron chi connectivity index (χ0n) is 20.0. The first-order valence-electron chi connectivity index (χ1n) is 12.4. The maximum Gasteiger partial charge on any atom is 0.241 e. The van der Waals surface area contributed by atoms with Crippen LogP contribution in [0.15, 0.2) is 60.8 Å². The fraction of sp³-hybridized carbons (Fsp3) is 0.276. The highest BCUT2D eigenvalue weighted by Gasteiger charge is 2.37. The Kier molecular flexibility index (Phi) is 4.66. The zero-order valence-corrected chi connectivity index (χ0v) is 20.0. The Morgan fingerprint density at radius 3 is 2.81 bits per heavy atom. The van der Waals surface area contributed by atoms with Crippen LogP contribution in [0.25, 0.3) is 10.8 Å². The second-order valence-corrected chi connectivity index (χ2v) is 9.85. The molecule has 10 rings (SSSR count). The first-order valence-corrected chi connectivity index (χ1v) is 12.4. The number of ether oxygens (including phenoxy) is 1. The third-order valence-electron chi connectivity index (χ3n) is 7.93. The molecule has 0 aliphatic carbocycles. The quantitative estimate of drug-likeness (QED) is 0.354. The first kappa shape index (κ1) is 21.2.